The maximum atomic E-state index is 11.9. The number of hydrogen-bond acceptors (Lipinski definition) is 3. The Balaban J connectivity index is 2.06. The van der Waals surface area contributed by atoms with Crippen LogP contribution >= 0.6 is 0 Å². The van der Waals surface area contributed by atoms with Crippen molar-refractivity contribution in [2.75, 3.05) is 19.8 Å². The number of fused-ring (bicyclic) bond motifs is 1. The van der Waals surface area contributed by atoms with Gasteiger partial charge in [0, 0.05) is 30.7 Å². The van der Waals surface area contributed by atoms with Gasteiger partial charge in [-0.15, -0.1) is 0 Å². The van der Waals surface area contributed by atoms with E-state index in [9.17, 15) is 9.59 Å². The molecule has 94 valence electrons. The first-order valence-corrected chi connectivity index (χ1v) is 5.98. The van der Waals surface area contributed by atoms with Crippen molar-refractivity contribution in [1.82, 2.24) is 4.90 Å². The van der Waals surface area contributed by atoms with E-state index in [1.165, 1.54) is 0 Å². The standard InChI is InChI=1S/C12H17NO4/c14-11(4-5-12(15)16)13-6-7-17-8-9-2-1-3-10(9)13/h4-5,9-10H,1-3,6-8H2,(H,15,16)/b5-4+/t9-,10+/m0/s1. The molecule has 0 radical (unpaired) electrons. The van der Waals surface area contributed by atoms with Crippen LogP contribution in [0.1, 0.15) is 19.3 Å². The number of amides is 1. The summed E-state index contributed by atoms with van der Waals surface area (Å²) >= 11 is 0. The van der Waals surface area contributed by atoms with E-state index in [1.807, 2.05) is 0 Å². The molecule has 2 aliphatic rings. The highest BCUT2D eigenvalue weighted by atomic mass is 16.5. The number of hydrogen-bond donors (Lipinski definition) is 1. The number of carboxylic acids is 1. The topological polar surface area (TPSA) is 66.8 Å². The third kappa shape index (κ3) is 2.85. The lowest BCUT2D eigenvalue weighted by molar-refractivity contribution is -0.132. The molecule has 1 aliphatic carbocycles. The van der Waals surface area contributed by atoms with Crippen LogP contribution in [0.3, 0.4) is 0 Å². The van der Waals surface area contributed by atoms with E-state index in [1.54, 1.807) is 4.90 Å². The van der Waals surface area contributed by atoms with Crippen LogP contribution in [0.4, 0.5) is 0 Å². The summed E-state index contributed by atoms with van der Waals surface area (Å²) in [7, 11) is 0. The average Bonchev–Trinajstić information content (AvgIpc) is 2.66. The van der Waals surface area contributed by atoms with Crippen LogP contribution in [0.5, 0.6) is 0 Å². The van der Waals surface area contributed by atoms with Crippen LogP contribution in [0.25, 0.3) is 0 Å². The molecule has 0 aromatic rings. The zero-order valence-corrected chi connectivity index (χ0v) is 9.67. The molecule has 1 saturated carbocycles. The Bertz CT molecular complexity index is 339. The Kier molecular flexibility index (Phi) is 3.78. The lowest BCUT2D eigenvalue weighted by atomic mass is 10.0. The van der Waals surface area contributed by atoms with Crippen LogP contribution < -0.4 is 0 Å². The van der Waals surface area contributed by atoms with Gasteiger partial charge in [-0.1, -0.05) is 6.42 Å². The Morgan fingerprint density at radius 3 is 2.88 bits per heavy atom. The molecule has 0 bridgehead atoms. The van der Waals surface area contributed by atoms with Gasteiger partial charge in [0.25, 0.3) is 0 Å². The summed E-state index contributed by atoms with van der Waals surface area (Å²) < 4.78 is 5.48. The number of carboxylic acid groups (broad SMARTS) is 1. The minimum Gasteiger partial charge on any atom is -0.478 e. The van der Waals surface area contributed by atoms with Crippen LogP contribution in [-0.4, -0.2) is 47.7 Å². The predicted molar refractivity (Wildman–Crippen MR) is 60.4 cm³/mol. The van der Waals surface area contributed by atoms with Gasteiger partial charge in [-0.05, 0) is 12.8 Å². The number of aliphatic carboxylic acids is 1. The Morgan fingerprint density at radius 2 is 2.12 bits per heavy atom. The third-order valence-corrected chi connectivity index (χ3v) is 3.48. The minimum atomic E-state index is -1.09. The summed E-state index contributed by atoms with van der Waals surface area (Å²) in [6, 6.07) is 0.225. The normalized spacial score (nSPS) is 29.1. The largest absolute Gasteiger partial charge is 0.478 e. The monoisotopic (exact) mass is 239 g/mol. The van der Waals surface area contributed by atoms with Gasteiger partial charge in [0.05, 0.1) is 13.2 Å². The Morgan fingerprint density at radius 1 is 1.29 bits per heavy atom. The molecular weight excluding hydrogens is 222 g/mol. The van der Waals surface area contributed by atoms with Crippen molar-refractivity contribution in [3.63, 3.8) is 0 Å². The second kappa shape index (κ2) is 5.31. The first-order valence-electron chi connectivity index (χ1n) is 5.98. The van der Waals surface area contributed by atoms with E-state index in [2.05, 4.69) is 0 Å². The molecular formula is C12H17NO4. The molecule has 17 heavy (non-hydrogen) atoms. The lowest BCUT2D eigenvalue weighted by Gasteiger charge is -2.28. The van der Waals surface area contributed by atoms with Gasteiger partial charge in [0.2, 0.25) is 5.91 Å². The molecule has 0 spiro atoms. The van der Waals surface area contributed by atoms with Crippen molar-refractivity contribution < 1.29 is 19.4 Å². The first kappa shape index (κ1) is 12.1. The SMILES string of the molecule is O=C(O)/C=C/C(=O)N1CCOC[C@@H]2CCC[C@H]21. The van der Waals surface area contributed by atoms with Gasteiger partial charge in [-0.2, -0.15) is 0 Å². The zero-order valence-electron chi connectivity index (χ0n) is 9.67. The number of nitrogens with zero attached hydrogens (tertiary/aromatic N) is 1. The van der Waals surface area contributed by atoms with Crippen molar-refractivity contribution in [3.05, 3.63) is 12.2 Å². The quantitative estimate of drug-likeness (QED) is 0.719. The fourth-order valence-electron chi connectivity index (χ4n) is 2.70. The number of ether oxygens (including phenoxy) is 1. The second-order valence-corrected chi connectivity index (χ2v) is 4.54. The zero-order chi connectivity index (χ0) is 12.3. The second-order valence-electron chi connectivity index (χ2n) is 4.54. The Labute approximate surface area is 100 Å². The van der Waals surface area contributed by atoms with Crippen LogP contribution in [0, 0.1) is 5.92 Å². The summed E-state index contributed by atoms with van der Waals surface area (Å²) in [5.74, 6) is -0.887. The molecule has 5 nitrogen and oxygen atoms in total. The van der Waals surface area contributed by atoms with Gasteiger partial charge in [-0.3, -0.25) is 4.79 Å². The summed E-state index contributed by atoms with van der Waals surface area (Å²) in [6.45, 7) is 1.82. The first-order chi connectivity index (χ1) is 8.18. The van der Waals surface area contributed by atoms with Crippen LogP contribution in [0.15, 0.2) is 12.2 Å². The van der Waals surface area contributed by atoms with E-state index in [0.29, 0.717) is 19.1 Å². The van der Waals surface area contributed by atoms with Crippen molar-refractivity contribution >= 4 is 11.9 Å². The van der Waals surface area contributed by atoms with Gasteiger partial charge >= 0.3 is 5.97 Å². The van der Waals surface area contributed by atoms with E-state index in [-0.39, 0.29) is 11.9 Å². The molecule has 2 atom stereocenters. The highest BCUT2D eigenvalue weighted by Gasteiger charge is 2.35. The van der Waals surface area contributed by atoms with Crippen molar-refractivity contribution in [2.45, 2.75) is 25.3 Å². The highest BCUT2D eigenvalue weighted by molar-refractivity contribution is 5.94. The molecule has 1 amide bonds. The summed E-state index contributed by atoms with van der Waals surface area (Å²) in [4.78, 5) is 24.1. The van der Waals surface area contributed by atoms with Crippen LogP contribution in [0.2, 0.25) is 0 Å². The van der Waals surface area contributed by atoms with Crippen molar-refractivity contribution in [3.8, 4) is 0 Å². The number of carbonyl (C=O) groups excluding carboxylic acids is 1. The van der Waals surface area contributed by atoms with E-state index >= 15 is 0 Å². The smallest absolute Gasteiger partial charge is 0.328 e. The Hall–Kier alpha value is -1.36. The minimum absolute atomic E-state index is 0.213. The van der Waals surface area contributed by atoms with E-state index in [4.69, 9.17) is 9.84 Å². The van der Waals surface area contributed by atoms with Crippen molar-refractivity contribution in [1.29, 1.82) is 0 Å². The summed E-state index contributed by atoms with van der Waals surface area (Å²) in [6.07, 6.45) is 5.25. The fraction of sp³-hybridized carbons (Fsp3) is 0.667. The molecule has 2 fully saturated rings. The molecule has 2 rings (SSSR count). The average molecular weight is 239 g/mol. The van der Waals surface area contributed by atoms with Gasteiger partial charge in [0.15, 0.2) is 0 Å². The maximum Gasteiger partial charge on any atom is 0.328 e. The molecule has 1 saturated heterocycles. The third-order valence-electron chi connectivity index (χ3n) is 3.48. The molecule has 0 aromatic heterocycles. The molecule has 5 heteroatoms. The predicted octanol–water partition coefficient (Wildman–Crippen LogP) is 0.655. The van der Waals surface area contributed by atoms with Gasteiger partial charge in [-0.25, -0.2) is 4.79 Å². The van der Waals surface area contributed by atoms with E-state index in [0.717, 1.165) is 38.0 Å². The summed E-state index contributed by atoms with van der Waals surface area (Å²) in [5, 5.41) is 8.52. The van der Waals surface area contributed by atoms with Crippen molar-refractivity contribution in [2.24, 2.45) is 5.92 Å². The lowest BCUT2D eigenvalue weighted by Crippen LogP contribution is -2.41. The maximum absolute atomic E-state index is 11.9. The van der Waals surface area contributed by atoms with Gasteiger partial charge in [0.1, 0.15) is 0 Å². The molecule has 1 N–H and O–H groups in total. The molecule has 0 unspecified atom stereocenters. The van der Waals surface area contributed by atoms with E-state index < -0.39 is 5.97 Å². The van der Waals surface area contributed by atoms with Crippen LogP contribution in [-0.2, 0) is 14.3 Å². The number of carbonyl (C=O) groups is 2. The summed E-state index contributed by atoms with van der Waals surface area (Å²) in [5.41, 5.74) is 0. The highest BCUT2D eigenvalue weighted by Crippen LogP contribution is 2.31. The molecule has 1 heterocycles. The molecule has 1 aliphatic heterocycles. The van der Waals surface area contributed by atoms with Gasteiger partial charge < -0.3 is 14.7 Å². The molecule has 0 aromatic carbocycles. The number of rotatable bonds is 2. The fourth-order valence-corrected chi connectivity index (χ4v) is 2.70.